The smallest absolute Gasteiger partial charge is 0.165 e. The molecule has 0 unspecified atom stereocenters. The van der Waals surface area contributed by atoms with Crippen LogP contribution in [0.15, 0.2) is 18.2 Å². The van der Waals surface area contributed by atoms with Crippen molar-refractivity contribution >= 4 is 0 Å². The second kappa shape index (κ2) is 3.06. The van der Waals surface area contributed by atoms with Crippen LogP contribution in [-0.2, 0) is 0 Å². The maximum absolute atomic E-state index is 9.46. The number of phenols is 2. The summed E-state index contributed by atoms with van der Waals surface area (Å²) in [5.41, 5.74) is -0.273. The lowest BCUT2D eigenvalue weighted by Gasteiger charge is -2.39. The lowest BCUT2D eigenvalue weighted by molar-refractivity contribution is 0.0322. The fourth-order valence-corrected chi connectivity index (χ4v) is 1.40. The second-order valence-corrected chi connectivity index (χ2v) is 3.81. The maximum atomic E-state index is 9.46. The van der Waals surface area contributed by atoms with Gasteiger partial charge in [0, 0.05) is 19.2 Å². The quantitative estimate of drug-likeness (QED) is 0.612. The summed E-state index contributed by atoms with van der Waals surface area (Å²) in [6.45, 7) is 3.46. The van der Waals surface area contributed by atoms with Crippen molar-refractivity contribution in [1.29, 1.82) is 0 Å². The average molecular weight is 195 g/mol. The van der Waals surface area contributed by atoms with E-state index in [4.69, 9.17) is 4.74 Å². The Bertz CT molecular complexity index is 347. The molecule has 1 aliphatic rings. The summed E-state index contributed by atoms with van der Waals surface area (Å²) in [4.78, 5) is 0. The largest absolute Gasteiger partial charge is 0.508 e. The molecule has 1 aliphatic heterocycles. The van der Waals surface area contributed by atoms with Crippen LogP contribution in [0.1, 0.15) is 6.92 Å². The Kier molecular flexibility index (Phi) is 2.00. The van der Waals surface area contributed by atoms with Crippen LogP contribution in [0, 0.1) is 0 Å². The number of nitrogens with one attached hydrogen (secondary N) is 1. The normalized spacial score (nSPS) is 18.6. The molecule has 1 heterocycles. The molecule has 3 N–H and O–H groups in total. The first-order chi connectivity index (χ1) is 6.59. The summed E-state index contributed by atoms with van der Waals surface area (Å²) in [5, 5.41) is 21.8. The Hall–Kier alpha value is -1.42. The van der Waals surface area contributed by atoms with E-state index in [1.165, 1.54) is 18.2 Å². The van der Waals surface area contributed by atoms with E-state index in [9.17, 15) is 10.2 Å². The predicted molar refractivity (Wildman–Crippen MR) is 51.7 cm³/mol. The minimum Gasteiger partial charge on any atom is -0.508 e. The van der Waals surface area contributed by atoms with Gasteiger partial charge < -0.3 is 20.3 Å². The molecule has 0 radical (unpaired) electrons. The van der Waals surface area contributed by atoms with Crippen LogP contribution in [0.25, 0.3) is 0 Å². The fraction of sp³-hybridized carbons (Fsp3) is 0.400. The van der Waals surface area contributed by atoms with E-state index < -0.39 is 0 Å². The SMILES string of the molecule is CC1(Oc2cc(O)ccc2O)CNC1. The van der Waals surface area contributed by atoms with Crippen LogP contribution in [0.4, 0.5) is 0 Å². The summed E-state index contributed by atoms with van der Waals surface area (Å²) in [5.74, 6) is 0.471. The summed E-state index contributed by atoms with van der Waals surface area (Å²) >= 11 is 0. The number of ether oxygens (including phenoxy) is 1. The average Bonchev–Trinajstić information content (AvgIpc) is 2.09. The zero-order valence-corrected chi connectivity index (χ0v) is 7.95. The Balaban J connectivity index is 2.19. The standard InChI is InChI=1S/C10H13NO3/c1-10(5-11-6-10)14-9-4-7(12)2-3-8(9)13/h2-4,11-13H,5-6H2,1H3. The zero-order valence-electron chi connectivity index (χ0n) is 7.95. The third-order valence-electron chi connectivity index (χ3n) is 2.30. The Morgan fingerprint density at radius 3 is 2.64 bits per heavy atom. The first-order valence-corrected chi connectivity index (χ1v) is 4.51. The molecule has 76 valence electrons. The van der Waals surface area contributed by atoms with Crippen molar-refractivity contribution in [2.45, 2.75) is 12.5 Å². The summed E-state index contributed by atoms with van der Waals surface area (Å²) in [7, 11) is 0. The van der Waals surface area contributed by atoms with Crippen molar-refractivity contribution < 1.29 is 14.9 Å². The molecule has 1 aromatic carbocycles. The molecular formula is C10H13NO3. The Morgan fingerprint density at radius 1 is 1.36 bits per heavy atom. The third kappa shape index (κ3) is 1.61. The molecule has 14 heavy (non-hydrogen) atoms. The van der Waals surface area contributed by atoms with Gasteiger partial charge in [-0.3, -0.25) is 0 Å². The molecule has 0 aromatic heterocycles. The highest BCUT2D eigenvalue weighted by Crippen LogP contribution is 2.33. The molecule has 0 atom stereocenters. The van der Waals surface area contributed by atoms with Crippen molar-refractivity contribution in [3.8, 4) is 17.2 Å². The highest BCUT2D eigenvalue weighted by atomic mass is 16.5. The van der Waals surface area contributed by atoms with Gasteiger partial charge in [-0.1, -0.05) is 0 Å². The molecule has 0 bridgehead atoms. The topological polar surface area (TPSA) is 61.7 Å². The molecule has 1 fully saturated rings. The predicted octanol–water partition coefficient (Wildman–Crippen LogP) is 0.839. The van der Waals surface area contributed by atoms with Gasteiger partial charge in [-0.25, -0.2) is 0 Å². The Labute approximate surface area is 82.1 Å². The van der Waals surface area contributed by atoms with Gasteiger partial charge in [0.25, 0.3) is 0 Å². The minimum absolute atomic E-state index is 0.0518. The molecule has 1 saturated heterocycles. The van der Waals surface area contributed by atoms with Crippen LogP contribution < -0.4 is 10.1 Å². The Morgan fingerprint density at radius 2 is 2.07 bits per heavy atom. The molecule has 4 nitrogen and oxygen atoms in total. The minimum atomic E-state index is -0.273. The molecule has 0 saturated carbocycles. The van der Waals surface area contributed by atoms with E-state index in [0.29, 0.717) is 5.75 Å². The van der Waals surface area contributed by atoms with E-state index in [1.54, 1.807) is 0 Å². The molecular weight excluding hydrogens is 182 g/mol. The first-order valence-electron chi connectivity index (χ1n) is 4.51. The third-order valence-corrected chi connectivity index (χ3v) is 2.30. The van der Waals surface area contributed by atoms with E-state index in [-0.39, 0.29) is 17.1 Å². The maximum Gasteiger partial charge on any atom is 0.165 e. The van der Waals surface area contributed by atoms with E-state index in [2.05, 4.69) is 5.32 Å². The van der Waals surface area contributed by atoms with Gasteiger partial charge in [0.1, 0.15) is 11.4 Å². The first kappa shape index (κ1) is 9.15. The van der Waals surface area contributed by atoms with Crippen molar-refractivity contribution in [3.63, 3.8) is 0 Å². The number of hydrogen-bond donors (Lipinski definition) is 3. The lowest BCUT2D eigenvalue weighted by atomic mass is 10.00. The number of phenolic OH excluding ortho intramolecular Hbond substituents is 2. The van der Waals surface area contributed by atoms with Crippen LogP contribution in [-0.4, -0.2) is 28.9 Å². The van der Waals surface area contributed by atoms with Gasteiger partial charge in [0.2, 0.25) is 0 Å². The highest BCUT2D eigenvalue weighted by Gasteiger charge is 2.34. The number of benzene rings is 1. The van der Waals surface area contributed by atoms with Crippen LogP contribution in [0.5, 0.6) is 17.2 Å². The van der Waals surface area contributed by atoms with E-state index >= 15 is 0 Å². The zero-order chi connectivity index (χ0) is 10.2. The monoisotopic (exact) mass is 195 g/mol. The molecule has 4 heteroatoms. The lowest BCUT2D eigenvalue weighted by Crippen LogP contribution is -2.61. The number of rotatable bonds is 2. The van der Waals surface area contributed by atoms with Gasteiger partial charge in [0.15, 0.2) is 11.5 Å². The summed E-state index contributed by atoms with van der Waals surface area (Å²) in [6, 6.07) is 4.25. The fourth-order valence-electron chi connectivity index (χ4n) is 1.40. The molecule has 1 aromatic rings. The van der Waals surface area contributed by atoms with Crippen LogP contribution in [0.2, 0.25) is 0 Å². The van der Waals surface area contributed by atoms with Crippen molar-refractivity contribution in [1.82, 2.24) is 5.32 Å². The van der Waals surface area contributed by atoms with Crippen LogP contribution in [0.3, 0.4) is 0 Å². The van der Waals surface area contributed by atoms with Gasteiger partial charge in [-0.05, 0) is 19.1 Å². The number of hydrogen-bond acceptors (Lipinski definition) is 4. The van der Waals surface area contributed by atoms with Gasteiger partial charge in [0.05, 0.1) is 0 Å². The van der Waals surface area contributed by atoms with E-state index in [0.717, 1.165) is 13.1 Å². The van der Waals surface area contributed by atoms with Gasteiger partial charge >= 0.3 is 0 Å². The van der Waals surface area contributed by atoms with Crippen LogP contribution >= 0.6 is 0 Å². The molecule has 0 spiro atoms. The molecule has 0 aliphatic carbocycles. The van der Waals surface area contributed by atoms with Crippen molar-refractivity contribution in [2.75, 3.05) is 13.1 Å². The van der Waals surface area contributed by atoms with Gasteiger partial charge in [-0.2, -0.15) is 0 Å². The second-order valence-electron chi connectivity index (χ2n) is 3.81. The van der Waals surface area contributed by atoms with Crippen molar-refractivity contribution in [2.24, 2.45) is 0 Å². The van der Waals surface area contributed by atoms with E-state index in [1.807, 2.05) is 6.92 Å². The highest BCUT2D eigenvalue weighted by molar-refractivity contribution is 5.44. The summed E-state index contributed by atoms with van der Waals surface area (Å²) in [6.07, 6.45) is 0. The molecule has 2 rings (SSSR count). The van der Waals surface area contributed by atoms with Gasteiger partial charge in [-0.15, -0.1) is 0 Å². The summed E-state index contributed by atoms with van der Waals surface area (Å²) < 4.78 is 5.58. The molecule has 0 amide bonds. The number of aromatic hydroxyl groups is 2. The van der Waals surface area contributed by atoms with Crippen molar-refractivity contribution in [3.05, 3.63) is 18.2 Å².